The van der Waals surface area contributed by atoms with E-state index in [2.05, 4.69) is 20.0 Å². The lowest BCUT2D eigenvalue weighted by atomic mass is 10.2. The second-order valence-electron chi connectivity index (χ2n) is 4.63. The van der Waals surface area contributed by atoms with E-state index in [-0.39, 0.29) is 12.5 Å². The Morgan fingerprint density at radius 3 is 2.71 bits per heavy atom. The summed E-state index contributed by atoms with van der Waals surface area (Å²) >= 11 is 1.38. The van der Waals surface area contributed by atoms with Crippen LogP contribution in [0.5, 0.6) is 0 Å². The SMILES string of the molecule is [C-]#[N+]c1ccc(COCc2ccc(-c3nnc(C(F)F)o3)cn2)s1. The molecule has 0 fully saturated rings. The first-order chi connectivity index (χ1) is 11.7. The van der Waals surface area contributed by atoms with Gasteiger partial charge in [-0.2, -0.15) is 20.1 Å². The standard InChI is InChI=1S/C15H10F2N4O2S/c1-18-12-5-4-11(24-12)8-22-7-10-3-2-9(6-19-10)14-20-21-15(23-14)13(16)17/h2-6,13H,7-8H2. The van der Waals surface area contributed by atoms with Crippen molar-refractivity contribution in [3.8, 4) is 11.5 Å². The molecule has 0 saturated heterocycles. The number of nitrogens with zero attached hydrogens (tertiary/aromatic N) is 4. The molecule has 9 heteroatoms. The lowest BCUT2D eigenvalue weighted by Crippen LogP contribution is -1.95. The maximum absolute atomic E-state index is 12.4. The van der Waals surface area contributed by atoms with Gasteiger partial charge >= 0.3 is 6.43 Å². The summed E-state index contributed by atoms with van der Waals surface area (Å²) < 4.78 is 35.2. The topological polar surface area (TPSA) is 65.4 Å². The smallest absolute Gasteiger partial charge is 0.314 e. The number of aromatic nitrogens is 3. The van der Waals surface area contributed by atoms with Crippen molar-refractivity contribution in [3.05, 3.63) is 58.3 Å². The minimum atomic E-state index is -2.80. The van der Waals surface area contributed by atoms with Crippen LogP contribution in [0.1, 0.15) is 22.9 Å². The van der Waals surface area contributed by atoms with Crippen molar-refractivity contribution in [2.75, 3.05) is 0 Å². The number of thiophene rings is 1. The summed E-state index contributed by atoms with van der Waals surface area (Å²) in [7, 11) is 0. The second-order valence-corrected chi connectivity index (χ2v) is 5.78. The molecule has 0 saturated carbocycles. The third kappa shape index (κ3) is 3.79. The molecule has 24 heavy (non-hydrogen) atoms. The molecule has 0 aliphatic carbocycles. The molecule has 0 aliphatic rings. The molecule has 0 aromatic carbocycles. The fourth-order valence-corrected chi connectivity index (χ4v) is 2.56. The molecule has 0 bridgehead atoms. The molecule has 3 rings (SSSR count). The van der Waals surface area contributed by atoms with Crippen molar-refractivity contribution in [3.63, 3.8) is 0 Å². The van der Waals surface area contributed by atoms with Gasteiger partial charge in [-0.25, -0.2) is 4.85 Å². The highest BCUT2D eigenvalue weighted by Crippen LogP contribution is 2.25. The number of pyridine rings is 1. The first kappa shape index (κ1) is 16.2. The molecule has 0 atom stereocenters. The Morgan fingerprint density at radius 1 is 1.21 bits per heavy atom. The van der Waals surface area contributed by atoms with Crippen LogP contribution in [0.25, 0.3) is 16.3 Å². The van der Waals surface area contributed by atoms with Crippen LogP contribution in [0.4, 0.5) is 13.8 Å². The first-order valence-corrected chi connectivity index (χ1v) is 7.58. The number of rotatable bonds is 6. The van der Waals surface area contributed by atoms with Crippen LogP contribution in [0.3, 0.4) is 0 Å². The van der Waals surface area contributed by atoms with Crippen LogP contribution in [0.15, 0.2) is 34.9 Å². The normalized spacial score (nSPS) is 10.9. The Kier molecular flexibility index (Phi) is 4.88. The highest BCUT2D eigenvalue weighted by molar-refractivity contribution is 7.16. The molecule has 0 amide bonds. The second kappa shape index (κ2) is 7.25. The molecule has 0 spiro atoms. The Morgan fingerprint density at radius 2 is 2.08 bits per heavy atom. The van der Waals surface area contributed by atoms with E-state index in [1.54, 1.807) is 18.2 Å². The molecular formula is C15H10F2N4O2S. The van der Waals surface area contributed by atoms with E-state index < -0.39 is 12.3 Å². The van der Waals surface area contributed by atoms with Gasteiger partial charge in [0.05, 0.1) is 31.0 Å². The predicted octanol–water partition coefficient (Wildman–Crippen LogP) is 4.40. The van der Waals surface area contributed by atoms with Crippen molar-refractivity contribution < 1.29 is 17.9 Å². The van der Waals surface area contributed by atoms with Gasteiger partial charge in [-0.15, -0.1) is 10.2 Å². The molecule has 0 N–H and O–H groups in total. The van der Waals surface area contributed by atoms with E-state index in [1.807, 2.05) is 6.07 Å². The van der Waals surface area contributed by atoms with Gasteiger partial charge in [0.1, 0.15) is 0 Å². The zero-order valence-electron chi connectivity index (χ0n) is 12.1. The number of ether oxygens (including phenoxy) is 1. The van der Waals surface area contributed by atoms with Crippen LogP contribution in [-0.2, 0) is 18.0 Å². The molecule has 3 aromatic rings. The molecule has 3 heterocycles. The van der Waals surface area contributed by atoms with Gasteiger partial charge in [-0.05, 0) is 18.2 Å². The lowest BCUT2D eigenvalue weighted by molar-refractivity contribution is 0.106. The van der Waals surface area contributed by atoms with Crippen molar-refractivity contribution in [1.29, 1.82) is 0 Å². The molecule has 3 aromatic heterocycles. The van der Waals surface area contributed by atoms with Crippen molar-refractivity contribution in [1.82, 2.24) is 15.2 Å². The predicted molar refractivity (Wildman–Crippen MR) is 81.6 cm³/mol. The minimum absolute atomic E-state index is 0.00414. The molecule has 0 unspecified atom stereocenters. The van der Waals surface area contributed by atoms with Gasteiger partial charge in [-0.3, -0.25) is 4.98 Å². The third-order valence-electron chi connectivity index (χ3n) is 2.95. The van der Waals surface area contributed by atoms with E-state index in [0.29, 0.717) is 22.9 Å². The Hall–Kier alpha value is -2.70. The van der Waals surface area contributed by atoms with Crippen LogP contribution in [0.2, 0.25) is 0 Å². The largest absolute Gasteiger partial charge is 0.415 e. The summed E-state index contributed by atoms with van der Waals surface area (Å²) in [6, 6.07) is 6.95. The van der Waals surface area contributed by atoms with Crippen LogP contribution in [-0.4, -0.2) is 15.2 Å². The number of halogens is 2. The van der Waals surface area contributed by atoms with Gasteiger partial charge in [0, 0.05) is 11.1 Å². The minimum Gasteiger partial charge on any atom is -0.415 e. The fourth-order valence-electron chi connectivity index (χ4n) is 1.84. The van der Waals surface area contributed by atoms with Crippen molar-refractivity contribution in [2.45, 2.75) is 19.6 Å². The molecule has 6 nitrogen and oxygen atoms in total. The zero-order chi connectivity index (χ0) is 16.9. The van der Waals surface area contributed by atoms with Gasteiger partial charge in [0.15, 0.2) is 0 Å². The molecule has 0 radical (unpaired) electrons. The van der Waals surface area contributed by atoms with Crippen LogP contribution < -0.4 is 0 Å². The maximum Gasteiger partial charge on any atom is 0.314 e. The number of alkyl halides is 2. The monoisotopic (exact) mass is 348 g/mol. The van der Waals surface area contributed by atoms with Crippen molar-refractivity contribution >= 4 is 16.3 Å². The quantitative estimate of drug-likeness (QED) is 0.618. The number of hydrogen-bond acceptors (Lipinski definition) is 6. The Balaban J connectivity index is 1.57. The molecule has 0 aliphatic heterocycles. The highest BCUT2D eigenvalue weighted by atomic mass is 32.1. The van der Waals surface area contributed by atoms with E-state index in [1.165, 1.54) is 17.5 Å². The highest BCUT2D eigenvalue weighted by Gasteiger charge is 2.17. The summed E-state index contributed by atoms with van der Waals surface area (Å²) in [5.74, 6) is -0.720. The summed E-state index contributed by atoms with van der Waals surface area (Å²) in [5, 5.41) is 7.45. The van der Waals surface area contributed by atoms with E-state index in [9.17, 15) is 8.78 Å². The average molecular weight is 348 g/mol. The van der Waals surface area contributed by atoms with Crippen molar-refractivity contribution in [2.24, 2.45) is 0 Å². The number of hydrogen-bond donors (Lipinski definition) is 0. The third-order valence-corrected chi connectivity index (χ3v) is 3.90. The maximum atomic E-state index is 12.4. The molecular weight excluding hydrogens is 338 g/mol. The summed E-state index contributed by atoms with van der Waals surface area (Å²) in [4.78, 5) is 8.48. The van der Waals surface area contributed by atoms with Gasteiger partial charge < -0.3 is 9.15 Å². The van der Waals surface area contributed by atoms with Gasteiger partial charge in [0.2, 0.25) is 10.9 Å². The van der Waals surface area contributed by atoms with Crippen LogP contribution in [0, 0.1) is 6.57 Å². The summed E-state index contributed by atoms with van der Waals surface area (Å²) in [6.07, 6.45) is -1.34. The van der Waals surface area contributed by atoms with E-state index >= 15 is 0 Å². The lowest BCUT2D eigenvalue weighted by Gasteiger charge is -2.03. The molecule has 122 valence electrons. The average Bonchev–Trinajstić information content (AvgIpc) is 3.25. The van der Waals surface area contributed by atoms with E-state index in [4.69, 9.17) is 15.7 Å². The zero-order valence-corrected chi connectivity index (χ0v) is 13.0. The Labute approximate surface area is 139 Å². The van der Waals surface area contributed by atoms with E-state index in [0.717, 1.165) is 4.88 Å². The summed E-state index contributed by atoms with van der Waals surface area (Å²) in [5.41, 5.74) is 1.13. The van der Waals surface area contributed by atoms with Crippen LogP contribution >= 0.6 is 11.3 Å². The Bertz CT molecular complexity index is 855. The van der Waals surface area contributed by atoms with Gasteiger partial charge in [-0.1, -0.05) is 6.07 Å². The first-order valence-electron chi connectivity index (χ1n) is 6.76. The summed E-state index contributed by atoms with van der Waals surface area (Å²) in [6.45, 7) is 7.59. The fraction of sp³-hybridized carbons (Fsp3) is 0.200. The van der Waals surface area contributed by atoms with Gasteiger partial charge in [0.25, 0.3) is 5.89 Å².